The molecule has 0 aromatic carbocycles. The number of hydrogen-bond donors (Lipinski definition) is 6. The zero-order valence-electron chi connectivity index (χ0n) is 9.47. The molecule has 18 heavy (non-hydrogen) atoms. The van der Waals surface area contributed by atoms with Gasteiger partial charge in [0.05, 0.1) is 25.4 Å². The Morgan fingerprint density at radius 3 is 2.44 bits per heavy atom. The quantitative estimate of drug-likeness (QED) is 0.353. The molecule has 0 aliphatic heterocycles. The maximum atomic E-state index is 10.3. The Morgan fingerprint density at radius 1 is 1.33 bits per heavy atom. The highest BCUT2D eigenvalue weighted by molar-refractivity contribution is 5.33. The zero-order chi connectivity index (χ0) is 13.6. The predicted octanol–water partition coefficient (Wildman–Crippen LogP) is -2.45. The van der Waals surface area contributed by atoms with Crippen molar-refractivity contribution in [1.29, 1.82) is 0 Å². The van der Waals surface area contributed by atoms with Crippen molar-refractivity contribution in [2.24, 2.45) is 0 Å². The van der Waals surface area contributed by atoms with Gasteiger partial charge >= 0.3 is 0 Å². The molecule has 1 heterocycles. The third-order valence-corrected chi connectivity index (χ3v) is 3.66. The van der Waals surface area contributed by atoms with Crippen molar-refractivity contribution in [2.45, 2.75) is 29.3 Å². The molecule has 6 N–H and O–H groups in total. The van der Waals surface area contributed by atoms with Gasteiger partial charge in [0, 0.05) is 0 Å². The number of furan rings is 1. The second kappa shape index (κ2) is 4.30. The van der Waals surface area contributed by atoms with E-state index in [0.717, 1.165) is 0 Å². The molecule has 7 heteroatoms. The number of hydrogen-bond acceptors (Lipinski definition) is 7. The van der Waals surface area contributed by atoms with Crippen molar-refractivity contribution >= 4 is 0 Å². The molecule has 1 aromatic rings. The lowest BCUT2D eigenvalue weighted by molar-refractivity contribution is -0.330. The predicted molar refractivity (Wildman–Crippen MR) is 57.5 cm³/mol. The fourth-order valence-corrected chi connectivity index (χ4v) is 2.65. The topological polar surface area (TPSA) is 135 Å². The summed E-state index contributed by atoms with van der Waals surface area (Å²) in [7, 11) is 0. The molecule has 1 aliphatic carbocycles. The van der Waals surface area contributed by atoms with Crippen LogP contribution < -0.4 is 0 Å². The van der Waals surface area contributed by atoms with Gasteiger partial charge in [-0.25, -0.2) is 0 Å². The van der Waals surface area contributed by atoms with E-state index in [0.29, 0.717) is 0 Å². The molecule has 1 aromatic heterocycles. The third kappa shape index (κ3) is 1.46. The van der Waals surface area contributed by atoms with Crippen LogP contribution in [0, 0.1) is 0 Å². The van der Waals surface area contributed by atoms with E-state index in [-0.39, 0.29) is 5.76 Å². The first kappa shape index (κ1) is 13.5. The fourth-order valence-electron chi connectivity index (χ4n) is 2.65. The van der Waals surface area contributed by atoms with Crippen molar-refractivity contribution < 1.29 is 35.1 Å². The molecule has 0 bridgehead atoms. The monoisotopic (exact) mass is 260 g/mol. The summed E-state index contributed by atoms with van der Waals surface area (Å²) in [5.74, 6) is -1.13. The lowest BCUT2D eigenvalue weighted by Crippen LogP contribution is -2.81. The fraction of sp³-hybridized carbons (Fsp3) is 0.636. The van der Waals surface area contributed by atoms with Gasteiger partial charge in [0.2, 0.25) is 0 Å². The maximum absolute atomic E-state index is 10.3. The van der Waals surface area contributed by atoms with Crippen LogP contribution in [0.5, 0.6) is 0 Å². The minimum atomic E-state index is -2.18. The SMILES string of the molecule is OC[C@@H](O)[C@]1(O)C(c2ccco2)[C@](O)(CO)[C@H]1O. The van der Waals surface area contributed by atoms with Crippen LogP contribution in [0.15, 0.2) is 22.8 Å². The van der Waals surface area contributed by atoms with Crippen LogP contribution in [-0.2, 0) is 0 Å². The summed E-state index contributed by atoms with van der Waals surface area (Å²) in [6.07, 6.45) is -2.18. The van der Waals surface area contributed by atoms with Gasteiger partial charge in [0.15, 0.2) is 0 Å². The van der Waals surface area contributed by atoms with Crippen LogP contribution in [0.4, 0.5) is 0 Å². The summed E-state index contributed by atoms with van der Waals surface area (Å²) in [5, 5.41) is 57.8. The molecular weight excluding hydrogens is 244 g/mol. The Kier molecular flexibility index (Phi) is 3.22. The van der Waals surface area contributed by atoms with Gasteiger partial charge < -0.3 is 35.1 Å². The van der Waals surface area contributed by atoms with Crippen LogP contribution in [-0.4, -0.2) is 67.3 Å². The lowest BCUT2D eigenvalue weighted by atomic mass is 9.53. The molecule has 1 fully saturated rings. The van der Waals surface area contributed by atoms with E-state index >= 15 is 0 Å². The first-order valence-corrected chi connectivity index (χ1v) is 5.49. The summed E-state index contributed by atoms with van der Waals surface area (Å²) in [6.45, 7) is -1.62. The Hall–Kier alpha value is -0.960. The van der Waals surface area contributed by atoms with Crippen molar-refractivity contribution in [3.05, 3.63) is 24.2 Å². The number of aliphatic hydroxyl groups excluding tert-OH is 4. The standard InChI is InChI=1S/C11H16O7/c12-4-7(14)11(17)8(6-2-1-3-18-6)10(16,5-13)9(11)15/h1-3,7-9,12-17H,4-5H2/t7-,8?,9-,10-,11+/m1/s1. The Balaban J connectivity index is 2.42. The number of aliphatic hydroxyl groups is 6. The van der Waals surface area contributed by atoms with Gasteiger partial charge in [-0.3, -0.25) is 0 Å². The number of rotatable bonds is 4. The molecule has 0 spiro atoms. The highest BCUT2D eigenvalue weighted by Gasteiger charge is 2.74. The van der Waals surface area contributed by atoms with Gasteiger partial charge in [-0.05, 0) is 12.1 Å². The average molecular weight is 260 g/mol. The average Bonchev–Trinajstić information content (AvgIpc) is 2.89. The normalized spacial score (nSPS) is 41.4. The summed E-state index contributed by atoms with van der Waals surface area (Å²) >= 11 is 0. The van der Waals surface area contributed by atoms with Gasteiger partial charge in [0.1, 0.15) is 29.2 Å². The van der Waals surface area contributed by atoms with Crippen LogP contribution >= 0.6 is 0 Å². The molecule has 0 saturated heterocycles. The van der Waals surface area contributed by atoms with E-state index in [9.17, 15) is 20.4 Å². The molecule has 102 valence electrons. The molecule has 0 amide bonds. The minimum absolute atomic E-state index is 0.104. The van der Waals surface area contributed by atoms with Gasteiger partial charge in [-0.15, -0.1) is 0 Å². The van der Waals surface area contributed by atoms with E-state index in [2.05, 4.69) is 0 Å². The van der Waals surface area contributed by atoms with E-state index in [1.54, 1.807) is 0 Å². The van der Waals surface area contributed by atoms with Gasteiger partial charge in [-0.2, -0.15) is 0 Å². The highest BCUT2D eigenvalue weighted by Crippen LogP contribution is 2.55. The third-order valence-electron chi connectivity index (χ3n) is 3.66. The van der Waals surface area contributed by atoms with E-state index < -0.39 is 42.5 Å². The lowest BCUT2D eigenvalue weighted by Gasteiger charge is -2.60. The van der Waals surface area contributed by atoms with Gasteiger partial charge in [-0.1, -0.05) is 0 Å². The van der Waals surface area contributed by atoms with Crippen molar-refractivity contribution in [1.82, 2.24) is 0 Å². The van der Waals surface area contributed by atoms with Crippen molar-refractivity contribution in [3.8, 4) is 0 Å². The van der Waals surface area contributed by atoms with Crippen LogP contribution in [0.2, 0.25) is 0 Å². The summed E-state index contributed by atoms with van der Waals surface area (Å²) < 4.78 is 5.04. The molecule has 5 atom stereocenters. The first-order valence-electron chi connectivity index (χ1n) is 5.49. The maximum Gasteiger partial charge on any atom is 0.134 e. The van der Waals surface area contributed by atoms with E-state index in [1.807, 2.05) is 0 Å². The Morgan fingerprint density at radius 2 is 2.00 bits per heavy atom. The summed E-state index contributed by atoms with van der Waals surface area (Å²) in [4.78, 5) is 0. The van der Waals surface area contributed by atoms with E-state index in [4.69, 9.17) is 14.6 Å². The first-order chi connectivity index (χ1) is 8.42. The highest BCUT2D eigenvalue weighted by atomic mass is 16.4. The molecule has 0 radical (unpaired) electrons. The van der Waals surface area contributed by atoms with Crippen LogP contribution in [0.1, 0.15) is 11.7 Å². The Labute approximate surface area is 103 Å². The van der Waals surface area contributed by atoms with Crippen molar-refractivity contribution in [2.75, 3.05) is 13.2 Å². The van der Waals surface area contributed by atoms with Crippen LogP contribution in [0.25, 0.3) is 0 Å². The van der Waals surface area contributed by atoms with Crippen molar-refractivity contribution in [3.63, 3.8) is 0 Å². The molecule has 7 nitrogen and oxygen atoms in total. The summed E-state index contributed by atoms with van der Waals surface area (Å²) in [6, 6.07) is 2.94. The Bertz CT molecular complexity index is 406. The minimum Gasteiger partial charge on any atom is -0.469 e. The zero-order valence-corrected chi connectivity index (χ0v) is 9.47. The second-order valence-corrected chi connectivity index (χ2v) is 4.59. The molecular formula is C11H16O7. The van der Waals surface area contributed by atoms with Crippen LogP contribution in [0.3, 0.4) is 0 Å². The molecule has 1 unspecified atom stereocenters. The largest absolute Gasteiger partial charge is 0.469 e. The van der Waals surface area contributed by atoms with E-state index in [1.165, 1.54) is 18.4 Å². The molecule has 2 rings (SSSR count). The molecule has 1 aliphatic rings. The van der Waals surface area contributed by atoms with Gasteiger partial charge in [0.25, 0.3) is 0 Å². The second-order valence-electron chi connectivity index (χ2n) is 4.59. The molecule has 1 saturated carbocycles. The summed E-state index contributed by atoms with van der Waals surface area (Å²) in [5.41, 5.74) is -4.20. The smallest absolute Gasteiger partial charge is 0.134 e.